The molecule has 20 heavy (non-hydrogen) atoms. The largest absolute Gasteiger partial charge is 0.344 e. The van der Waals surface area contributed by atoms with Crippen LogP contribution in [-0.2, 0) is 20.0 Å². The van der Waals surface area contributed by atoms with E-state index in [1.807, 2.05) is 37.8 Å². The minimum Gasteiger partial charge on any atom is -0.344 e. The van der Waals surface area contributed by atoms with Crippen LogP contribution in [0.4, 0.5) is 0 Å². The average molecular weight is 294 g/mol. The van der Waals surface area contributed by atoms with Crippen molar-refractivity contribution in [1.29, 1.82) is 0 Å². The number of carbonyl (C=O) groups excluding carboxylic acids is 1. The number of alkyl halides is 1. The van der Waals surface area contributed by atoms with Crippen LogP contribution in [-0.4, -0.2) is 26.0 Å². The van der Waals surface area contributed by atoms with Crippen LogP contribution in [0.15, 0.2) is 12.3 Å². The number of ketones is 1. The van der Waals surface area contributed by atoms with Crippen LogP contribution in [0, 0.1) is 13.8 Å². The molecule has 5 heteroatoms. The summed E-state index contributed by atoms with van der Waals surface area (Å²) in [6, 6.07) is 1.92. The zero-order valence-corrected chi connectivity index (χ0v) is 13.2. The minimum absolute atomic E-state index is 0.0204. The average Bonchev–Trinajstić information content (AvgIpc) is 2.92. The lowest BCUT2D eigenvalue weighted by Crippen LogP contribution is -2.07. The zero-order chi connectivity index (χ0) is 14.9. The van der Waals surface area contributed by atoms with E-state index in [4.69, 9.17) is 11.6 Å². The molecule has 0 saturated carbocycles. The van der Waals surface area contributed by atoms with Gasteiger partial charge in [-0.15, -0.1) is 11.6 Å². The van der Waals surface area contributed by atoms with Crippen molar-refractivity contribution in [3.8, 4) is 0 Å². The van der Waals surface area contributed by atoms with Crippen LogP contribution < -0.4 is 0 Å². The first-order chi connectivity index (χ1) is 9.47. The Kier molecular flexibility index (Phi) is 4.33. The molecule has 0 unspecified atom stereocenters. The Balaban J connectivity index is 2.38. The van der Waals surface area contributed by atoms with Crippen LogP contribution in [0.25, 0.3) is 0 Å². The third-order valence-electron chi connectivity index (χ3n) is 3.65. The lowest BCUT2D eigenvalue weighted by molar-refractivity contribution is 0.102. The van der Waals surface area contributed by atoms with Gasteiger partial charge < -0.3 is 4.57 Å². The van der Waals surface area contributed by atoms with Crippen molar-refractivity contribution in [2.45, 2.75) is 33.7 Å². The highest BCUT2D eigenvalue weighted by Crippen LogP contribution is 2.19. The molecule has 2 aromatic rings. The van der Waals surface area contributed by atoms with E-state index in [-0.39, 0.29) is 11.7 Å². The second-order valence-corrected chi connectivity index (χ2v) is 5.32. The standard InChI is InChI=1S/C15H20ClN3O/c1-5-14-12(8-18(4)17-14)9-19-10(2)6-13(11(19)3)15(20)7-16/h6,8H,5,7,9H2,1-4H3. The molecule has 2 rings (SSSR count). The van der Waals surface area contributed by atoms with E-state index in [0.717, 1.165) is 35.6 Å². The molecule has 0 radical (unpaired) electrons. The fourth-order valence-corrected chi connectivity index (χ4v) is 2.73. The highest BCUT2D eigenvalue weighted by Gasteiger charge is 2.16. The van der Waals surface area contributed by atoms with Crippen molar-refractivity contribution >= 4 is 17.4 Å². The van der Waals surface area contributed by atoms with E-state index in [9.17, 15) is 4.79 Å². The monoisotopic (exact) mass is 293 g/mol. The molecule has 108 valence electrons. The number of aryl methyl sites for hydroxylation is 3. The molecule has 0 amide bonds. The van der Waals surface area contributed by atoms with Crippen LogP contribution in [0.1, 0.15) is 39.9 Å². The first kappa shape index (κ1) is 14.9. The quantitative estimate of drug-likeness (QED) is 0.628. The number of rotatable bonds is 5. The van der Waals surface area contributed by atoms with Crippen molar-refractivity contribution in [3.63, 3.8) is 0 Å². The summed E-state index contributed by atoms with van der Waals surface area (Å²) in [4.78, 5) is 11.8. The summed E-state index contributed by atoms with van der Waals surface area (Å²) in [6.07, 6.45) is 2.95. The predicted octanol–water partition coefficient (Wildman–Crippen LogP) is 2.87. The summed E-state index contributed by atoms with van der Waals surface area (Å²) >= 11 is 5.66. The molecule has 0 N–H and O–H groups in total. The summed E-state index contributed by atoms with van der Waals surface area (Å²) in [7, 11) is 1.93. The second-order valence-electron chi connectivity index (χ2n) is 5.06. The van der Waals surface area contributed by atoms with Gasteiger partial charge in [0.1, 0.15) is 0 Å². The zero-order valence-electron chi connectivity index (χ0n) is 12.4. The Morgan fingerprint density at radius 2 is 2.10 bits per heavy atom. The highest BCUT2D eigenvalue weighted by molar-refractivity contribution is 6.30. The Bertz CT molecular complexity index is 640. The lowest BCUT2D eigenvalue weighted by atomic mass is 10.2. The fourth-order valence-electron chi connectivity index (χ4n) is 2.58. The number of nitrogens with zero attached hydrogens (tertiary/aromatic N) is 3. The summed E-state index contributed by atoms with van der Waals surface area (Å²) in [5.41, 5.74) is 5.06. The number of halogens is 1. The van der Waals surface area contributed by atoms with E-state index in [1.165, 1.54) is 5.56 Å². The minimum atomic E-state index is -0.0204. The third-order valence-corrected chi connectivity index (χ3v) is 3.89. The van der Waals surface area contributed by atoms with Crippen molar-refractivity contribution in [2.75, 3.05) is 5.88 Å². The molecule has 0 bridgehead atoms. The molecule has 4 nitrogen and oxygen atoms in total. The van der Waals surface area contributed by atoms with E-state index in [2.05, 4.69) is 16.6 Å². The number of hydrogen-bond donors (Lipinski definition) is 0. The van der Waals surface area contributed by atoms with E-state index >= 15 is 0 Å². The van der Waals surface area contributed by atoms with Crippen LogP contribution >= 0.6 is 11.6 Å². The van der Waals surface area contributed by atoms with Crippen molar-refractivity contribution in [3.05, 3.63) is 40.5 Å². The number of aromatic nitrogens is 3. The van der Waals surface area contributed by atoms with Gasteiger partial charge in [-0.25, -0.2) is 0 Å². The summed E-state index contributed by atoms with van der Waals surface area (Å²) in [5, 5.41) is 4.46. The topological polar surface area (TPSA) is 39.8 Å². The van der Waals surface area contributed by atoms with Crippen molar-refractivity contribution in [2.24, 2.45) is 7.05 Å². The molecule has 2 heterocycles. The summed E-state index contributed by atoms with van der Waals surface area (Å²) < 4.78 is 3.99. The van der Waals surface area contributed by atoms with E-state index in [0.29, 0.717) is 0 Å². The normalized spacial score (nSPS) is 11.1. The van der Waals surface area contributed by atoms with Gasteiger partial charge in [-0.2, -0.15) is 5.10 Å². The Labute approximate surface area is 124 Å². The van der Waals surface area contributed by atoms with Gasteiger partial charge in [0, 0.05) is 35.8 Å². The second kappa shape index (κ2) is 5.83. The highest BCUT2D eigenvalue weighted by atomic mass is 35.5. The van der Waals surface area contributed by atoms with Gasteiger partial charge in [0.25, 0.3) is 0 Å². The first-order valence-corrected chi connectivity index (χ1v) is 7.28. The van der Waals surface area contributed by atoms with E-state index < -0.39 is 0 Å². The summed E-state index contributed by atoms with van der Waals surface area (Å²) in [5.74, 6) is 0.00475. The molecule has 0 fully saturated rings. The first-order valence-electron chi connectivity index (χ1n) is 6.75. The van der Waals surface area contributed by atoms with Gasteiger partial charge in [0.05, 0.1) is 18.1 Å². The van der Waals surface area contributed by atoms with Gasteiger partial charge in [-0.1, -0.05) is 6.92 Å². The smallest absolute Gasteiger partial charge is 0.179 e. The Morgan fingerprint density at radius 3 is 2.70 bits per heavy atom. The van der Waals surface area contributed by atoms with Gasteiger partial charge in [-0.3, -0.25) is 9.48 Å². The maximum Gasteiger partial charge on any atom is 0.179 e. The molecule has 0 spiro atoms. The lowest BCUT2D eigenvalue weighted by Gasteiger charge is -2.09. The van der Waals surface area contributed by atoms with Crippen molar-refractivity contribution in [1.82, 2.24) is 14.3 Å². The molecule has 0 saturated heterocycles. The Hall–Kier alpha value is -1.55. The van der Waals surface area contributed by atoms with Crippen LogP contribution in [0.2, 0.25) is 0 Å². The molecule has 0 aliphatic rings. The maximum atomic E-state index is 11.8. The summed E-state index contributed by atoms with van der Waals surface area (Å²) in [6.45, 7) is 6.82. The van der Waals surface area contributed by atoms with Gasteiger partial charge >= 0.3 is 0 Å². The number of carbonyl (C=O) groups is 1. The molecule has 0 aliphatic heterocycles. The predicted molar refractivity (Wildman–Crippen MR) is 80.6 cm³/mol. The molecule has 0 aromatic carbocycles. The van der Waals surface area contributed by atoms with E-state index in [1.54, 1.807) is 0 Å². The number of Topliss-reactive ketones (excluding diaryl/α,β-unsaturated/α-hetero) is 1. The SMILES string of the molecule is CCc1nn(C)cc1Cn1c(C)cc(C(=O)CCl)c1C. The molecule has 0 aliphatic carbocycles. The molecule has 2 aromatic heterocycles. The molecular formula is C15H20ClN3O. The third kappa shape index (κ3) is 2.66. The van der Waals surface area contributed by atoms with Crippen LogP contribution in [0.3, 0.4) is 0 Å². The van der Waals surface area contributed by atoms with Crippen molar-refractivity contribution < 1.29 is 4.79 Å². The van der Waals surface area contributed by atoms with Gasteiger partial charge in [-0.05, 0) is 26.3 Å². The van der Waals surface area contributed by atoms with Gasteiger partial charge in [0.2, 0.25) is 0 Å². The van der Waals surface area contributed by atoms with Gasteiger partial charge in [0.15, 0.2) is 5.78 Å². The molecular weight excluding hydrogens is 274 g/mol. The Morgan fingerprint density at radius 1 is 1.40 bits per heavy atom. The molecule has 0 atom stereocenters. The maximum absolute atomic E-state index is 11.8. The number of hydrogen-bond acceptors (Lipinski definition) is 2. The fraction of sp³-hybridized carbons (Fsp3) is 0.467. The van der Waals surface area contributed by atoms with Crippen LogP contribution in [0.5, 0.6) is 0 Å².